The van der Waals surface area contributed by atoms with E-state index in [9.17, 15) is 14.4 Å². The molecule has 2 aromatic rings. The Hall–Kier alpha value is -3.65. The van der Waals surface area contributed by atoms with E-state index in [4.69, 9.17) is 14.6 Å². The van der Waals surface area contributed by atoms with E-state index in [0.29, 0.717) is 19.6 Å². The summed E-state index contributed by atoms with van der Waals surface area (Å²) in [5.41, 5.74) is 4.65. The summed E-state index contributed by atoms with van der Waals surface area (Å²) in [4.78, 5) is 38.1. The van der Waals surface area contributed by atoms with Crippen molar-refractivity contribution in [2.24, 2.45) is 5.92 Å². The summed E-state index contributed by atoms with van der Waals surface area (Å²) in [5.74, 6) is -1.40. The summed E-state index contributed by atoms with van der Waals surface area (Å²) in [7, 11) is 0. The number of carboxylic acids is 1. The van der Waals surface area contributed by atoms with Gasteiger partial charge in [0.05, 0.1) is 31.1 Å². The zero-order valence-corrected chi connectivity index (χ0v) is 19.3. The Labute approximate surface area is 203 Å². The maximum Gasteiger partial charge on any atom is 0.407 e. The molecule has 2 amide bonds. The highest BCUT2D eigenvalue weighted by molar-refractivity contribution is 5.82. The molecule has 0 saturated carbocycles. The van der Waals surface area contributed by atoms with Crippen LogP contribution in [0.4, 0.5) is 4.79 Å². The van der Waals surface area contributed by atoms with Crippen LogP contribution in [0.1, 0.15) is 29.9 Å². The smallest absolute Gasteiger partial charge is 0.407 e. The molecule has 1 fully saturated rings. The third kappa shape index (κ3) is 4.93. The van der Waals surface area contributed by atoms with Gasteiger partial charge in [-0.1, -0.05) is 60.7 Å². The van der Waals surface area contributed by atoms with Crippen LogP contribution < -0.4 is 5.32 Å². The zero-order valence-electron chi connectivity index (χ0n) is 19.3. The Balaban J connectivity index is 1.13. The summed E-state index contributed by atoms with van der Waals surface area (Å²) < 4.78 is 11.1. The van der Waals surface area contributed by atoms with Gasteiger partial charge in [0.15, 0.2) is 0 Å². The van der Waals surface area contributed by atoms with Crippen LogP contribution in [0.2, 0.25) is 0 Å². The predicted molar refractivity (Wildman–Crippen MR) is 128 cm³/mol. The van der Waals surface area contributed by atoms with E-state index in [1.165, 1.54) is 11.1 Å². The number of alkyl carbamates (subject to hydrolysis) is 1. The van der Waals surface area contributed by atoms with Gasteiger partial charge in [0, 0.05) is 19.0 Å². The minimum Gasteiger partial charge on any atom is -0.481 e. The van der Waals surface area contributed by atoms with Crippen molar-refractivity contribution in [3.8, 4) is 11.1 Å². The number of carbonyl (C=O) groups is 3. The molecule has 35 heavy (non-hydrogen) atoms. The van der Waals surface area contributed by atoms with Gasteiger partial charge < -0.3 is 24.8 Å². The van der Waals surface area contributed by atoms with Crippen LogP contribution in [-0.4, -0.2) is 66.4 Å². The molecule has 2 N–H and O–H groups in total. The van der Waals surface area contributed by atoms with E-state index in [2.05, 4.69) is 29.6 Å². The number of rotatable bonds is 6. The molecule has 5 rings (SSSR count). The fourth-order valence-corrected chi connectivity index (χ4v) is 5.25. The number of hydrogen-bond donors (Lipinski definition) is 2. The molecule has 3 unspecified atom stereocenters. The lowest BCUT2D eigenvalue weighted by Gasteiger charge is -2.33. The zero-order chi connectivity index (χ0) is 24.4. The van der Waals surface area contributed by atoms with Crippen molar-refractivity contribution in [1.82, 2.24) is 10.2 Å². The van der Waals surface area contributed by atoms with Crippen LogP contribution in [0, 0.1) is 5.92 Å². The summed E-state index contributed by atoms with van der Waals surface area (Å²) >= 11 is 0. The number of ether oxygens (including phenoxy) is 2. The third-order valence-electron chi connectivity index (χ3n) is 6.90. The molecule has 1 saturated heterocycles. The van der Waals surface area contributed by atoms with Crippen LogP contribution >= 0.6 is 0 Å². The average Bonchev–Trinajstić information content (AvgIpc) is 3.45. The van der Waals surface area contributed by atoms with Crippen LogP contribution in [0.5, 0.6) is 0 Å². The predicted octanol–water partition coefficient (Wildman–Crippen LogP) is 3.17. The first-order valence-corrected chi connectivity index (χ1v) is 11.9. The Kier molecular flexibility index (Phi) is 6.55. The van der Waals surface area contributed by atoms with E-state index in [-0.39, 0.29) is 43.4 Å². The lowest BCUT2D eigenvalue weighted by molar-refractivity contribution is -0.149. The van der Waals surface area contributed by atoms with Gasteiger partial charge in [0.1, 0.15) is 6.61 Å². The molecule has 1 aliphatic heterocycles. The topological polar surface area (TPSA) is 105 Å². The molecule has 0 spiro atoms. The average molecular weight is 477 g/mol. The molecular formula is C27H28N2O6. The van der Waals surface area contributed by atoms with Gasteiger partial charge in [-0.05, 0) is 28.7 Å². The number of nitrogens with one attached hydrogen (secondary N) is 1. The minimum absolute atomic E-state index is 0.0123. The molecule has 0 aromatic heterocycles. The van der Waals surface area contributed by atoms with Crippen LogP contribution in [-0.2, 0) is 19.1 Å². The number of morpholine rings is 1. The molecule has 8 heteroatoms. The number of carbonyl (C=O) groups excluding carboxylic acids is 2. The number of carboxylic acid groups (broad SMARTS) is 1. The standard InChI is InChI=1S/C27H28N2O6/c30-25(31)14-19-15-29(11-12-34-19)26(32)17-9-10-18(13-17)28-27(33)35-16-24-22-7-3-1-5-20(22)21-6-2-4-8-23(21)24/h1-10,17-19,24H,11-16H2,(H,28,33)(H,30,31). The largest absolute Gasteiger partial charge is 0.481 e. The number of aliphatic carboxylic acids is 1. The fourth-order valence-electron chi connectivity index (χ4n) is 5.25. The van der Waals surface area contributed by atoms with E-state index in [1.807, 2.05) is 30.3 Å². The lowest BCUT2D eigenvalue weighted by atomic mass is 9.98. The van der Waals surface area contributed by atoms with Crippen molar-refractivity contribution in [1.29, 1.82) is 0 Å². The van der Waals surface area contributed by atoms with Gasteiger partial charge in [-0.3, -0.25) is 9.59 Å². The van der Waals surface area contributed by atoms with Gasteiger partial charge >= 0.3 is 12.1 Å². The Morgan fingerprint density at radius 3 is 2.40 bits per heavy atom. The van der Waals surface area contributed by atoms with E-state index >= 15 is 0 Å². The highest BCUT2D eigenvalue weighted by Crippen LogP contribution is 2.44. The molecule has 182 valence electrons. The third-order valence-corrected chi connectivity index (χ3v) is 6.90. The number of amides is 2. The van der Waals surface area contributed by atoms with Crippen molar-refractivity contribution >= 4 is 18.0 Å². The van der Waals surface area contributed by atoms with Crippen molar-refractivity contribution in [2.45, 2.75) is 30.9 Å². The van der Waals surface area contributed by atoms with Crippen molar-refractivity contribution in [2.75, 3.05) is 26.3 Å². The van der Waals surface area contributed by atoms with E-state index in [0.717, 1.165) is 11.1 Å². The number of benzene rings is 2. The summed E-state index contributed by atoms with van der Waals surface area (Å²) in [5, 5.41) is 11.8. The molecule has 2 aliphatic carbocycles. The first-order valence-electron chi connectivity index (χ1n) is 11.9. The fraction of sp³-hybridized carbons (Fsp3) is 0.370. The first-order chi connectivity index (χ1) is 17.0. The highest BCUT2D eigenvalue weighted by Gasteiger charge is 2.33. The number of nitrogens with zero attached hydrogens (tertiary/aromatic N) is 1. The lowest BCUT2D eigenvalue weighted by Crippen LogP contribution is -2.48. The van der Waals surface area contributed by atoms with Gasteiger partial charge in [-0.2, -0.15) is 0 Å². The van der Waals surface area contributed by atoms with Crippen LogP contribution in [0.3, 0.4) is 0 Å². The number of hydrogen-bond acceptors (Lipinski definition) is 5. The minimum atomic E-state index is -0.947. The second-order valence-electron chi connectivity index (χ2n) is 9.18. The Bertz CT molecular complexity index is 1120. The quantitative estimate of drug-likeness (QED) is 0.621. The molecule has 0 bridgehead atoms. The van der Waals surface area contributed by atoms with Crippen LogP contribution in [0.25, 0.3) is 11.1 Å². The molecule has 8 nitrogen and oxygen atoms in total. The normalized spacial score (nSPS) is 23.0. The van der Waals surface area contributed by atoms with Crippen molar-refractivity contribution in [3.63, 3.8) is 0 Å². The Morgan fingerprint density at radius 2 is 1.71 bits per heavy atom. The molecule has 2 aromatic carbocycles. The maximum absolute atomic E-state index is 12.9. The SMILES string of the molecule is O=C(O)CC1CN(C(=O)C2C=CC(NC(=O)OCC3c4ccccc4-c4ccccc43)C2)CCO1. The summed E-state index contributed by atoms with van der Waals surface area (Å²) in [6.07, 6.45) is 2.94. The van der Waals surface area contributed by atoms with Gasteiger partial charge in [0.2, 0.25) is 5.91 Å². The second-order valence-corrected chi connectivity index (χ2v) is 9.18. The van der Waals surface area contributed by atoms with Gasteiger partial charge in [-0.15, -0.1) is 0 Å². The van der Waals surface area contributed by atoms with Crippen molar-refractivity contribution < 1.29 is 29.0 Å². The monoisotopic (exact) mass is 476 g/mol. The summed E-state index contributed by atoms with van der Waals surface area (Å²) in [6.45, 7) is 1.25. The van der Waals surface area contributed by atoms with E-state index in [1.54, 1.807) is 11.0 Å². The molecule has 0 radical (unpaired) electrons. The van der Waals surface area contributed by atoms with Gasteiger partial charge in [0.25, 0.3) is 0 Å². The van der Waals surface area contributed by atoms with Crippen molar-refractivity contribution in [3.05, 3.63) is 71.8 Å². The molecule has 3 atom stereocenters. The van der Waals surface area contributed by atoms with Crippen LogP contribution in [0.15, 0.2) is 60.7 Å². The van der Waals surface area contributed by atoms with E-state index < -0.39 is 18.2 Å². The Morgan fingerprint density at radius 1 is 1.03 bits per heavy atom. The summed E-state index contributed by atoms with van der Waals surface area (Å²) in [6, 6.07) is 16.1. The highest BCUT2D eigenvalue weighted by atomic mass is 16.5. The number of fused-ring (bicyclic) bond motifs is 3. The second kappa shape index (κ2) is 9.92. The molecule has 3 aliphatic rings. The van der Waals surface area contributed by atoms with Gasteiger partial charge in [-0.25, -0.2) is 4.79 Å². The first kappa shape index (κ1) is 23.1. The molecule has 1 heterocycles. The maximum atomic E-state index is 12.9. The molecular weight excluding hydrogens is 448 g/mol.